The molecule has 0 saturated heterocycles. The van der Waals surface area contributed by atoms with Crippen molar-refractivity contribution in [3.05, 3.63) is 78.4 Å². The lowest BCUT2D eigenvalue weighted by Crippen LogP contribution is -2.14. The lowest BCUT2D eigenvalue weighted by atomic mass is 10.2. The Labute approximate surface area is 210 Å². The van der Waals surface area contributed by atoms with E-state index in [0.29, 0.717) is 29.3 Å². The summed E-state index contributed by atoms with van der Waals surface area (Å²) in [6.07, 6.45) is 2.32. The topological polar surface area (TPSA) is 114 Å². The van der Waals surface area contributed by atoms with Gasteiger partial charge in [0.1, 0.15) is 18.0 Å². The molecule has 13 heteroatoms. The minimum Gasteiger partial charge on any atom is -0.367 e. The molecule has 0 atom stereocenters. The third-order valence-corrected chi connectivity index (χ3v) is 7.06. The summed E-state index contributed by atoms with van der Waals surface area (Å²) in [4.78, 5) is 12.7. The predicted octanol–water partition coefficient (Wildman–Crippen LogP) is 5.11. The average Bonchev–Trinajstić information content (AvgIpc) is 3.54. The van der Waals surface area contributed by atoms with E-state index in [1.54, 1.807) is 36.0 Å². The molecule has 0 radical (unpaired) electrons. The molecular weight excluding hydrogens is 507 g/mol. The summed E-state index contributed by atoms with van der Waals surface area (Å²) >= 11 is 0. The fraction of sp³-hybridized carbons (Fsp3) is 0.208. The number of rotatable bonds is 8. The average molecular weight is 530 g/mol. The van der Waals surface area contributed by atoms with Crippen LogP contribution in [0.2, 0.25) is 0 Å². The van der Waals surface area contributed by atoms with Crippen molar-refractivity contribution in [3.63, 3.8) is 0 Å². The maximum absolute atomic E-state index is 13.0. The van der Waals surface area contributed by atoms with Gasteiger partial charge >= 0.3 is 6.18 Å². The molecule has 2 aromatic carbocycles. The van der Waals surface area contributed by atoms with Crippen LogP contribution in [0.3, 0.4) is 0 Å². The minimum absolute atomic E-state index is 0.130. The standard InChI is InChI=1S/C24H22F3N7O2S/c1-15-5-8-19(37(35,36)33-18-4-2-3-16(11-18)24(25,26)27)12-20(15)32-23-28-9-10-34(23)22-13-21(29-14-30-22)31-17-6-7-17/h2-5,8-14,17,33H,6-7H2,1H3,(H,28,32)(H,29,30,31). The number of halogens is 3. The number of anilines is 4. The Kier molecular flexibility index (Phi) is 6.23. The van der Waals surface area contributed by atoms with E-state index < -0.39 is 21.8 Å². The molecule has 0 spiro atoms. The Balaban J connectivity index is 1.40. The van der Waals surface area contributed by atoms with Crippen LogP contribution in [0.15, 0.2) is 72.1 Å². The summed E-state index contributed by atoms with van der Waals surface area (Å²) in [5.74, 6) is 1.64. The van der Waals surface area contributed by atoms with E-state index in [0.717, 1.165) is 36.6 Å². The molecule has 0 amide bonds. The van der Waals surface area contributed by atoms with E-state index in [-0.39, 0.29) is 10.6 Å². The van der Waals surface area contributed by atoms with Crippen LogP contribution in [0.5, 0.6) is 0 Å². The molecule has 37 heavy (non-hydrogen) atoms. The molecule has 192 valence electrons. The maximum atomic E-state index is 13.0. The Morgan fingerprint density at radius 1 is 1.03 bits per heavy atom. The quantitative estimate of drug-likeness (QED) is 0.291. The second-order valence-corrected chi connectivity index (χ2v) is 10.3. The van der Waals surface area contributed by atoms with Gasteiger partial charge in [0.25, 0.3) is 10.0 Å². The van der Waals surface area contributed by atoms with Gasteiger partial charge in [0.05, 0.1) is 10.5 Å². The zero-order valence-corrected chi connectivity index (χ0v) is 20.3. The van der Waals surface area contributed by atoms with Gasteiger partial charge in [0, 0.05) is 35.9 Å². The van der Waals surface area contributed by atoms with Crippen molar-refractivity contribution in [2.75, 3.05) is 15.4 Å². The molecule has 1 aliphatic rings. The zero-order valence-electron chi connectivity index (χ0n) is 19.5. The van der Waals surface area contributed by atoms with Crippen LogP contribution in [0, 0.1) is 6.92 Å². The summed E-state index contributed by atoms with van der Waals surface area (Å²) < 4.78 is 69.0. The Hall–Kier alpha value is -4.13. The van der Waals surface area contributed by atoms with Gasteiger partial charge in [-0.15, -0.1) is 0 Å². The van der Waals surface area contributed by atoms with Crippen molar-refractivity contribution in [3.8, 4) is 5.82 Å². The Morgan fingerprint density at radius 2 is 1.84 bits per heavy atom. The van der Waals surface area contributed by atoms with Crippen LogP contribution in [0.4, 0.5) is 36.3 Å². The summed E-state index contributed by atoms with van der Waals surface area (Å²) in [5.41, 5.74) is 0.0296. The van der Waals surface area contributed by atoms with Crippen LogP contribution in [-0.2, 0) is 16.2 Å². The molecule has 4 aromatic rings. The molecule has 3 N–H and O–H groups in total. The van der Waals surface area contributed by atoms with Crippen molar-refractivity contribution in [1.29, 1.82) is 0 Å². The van der Waals surface area contributed by atoms with Gasteiger partial charge in [-0.1, -0.05) is 12.1 Å². The SMILES string of the molecule is Cc1ccc(S(=O)(=O)Nc2cccc(C(F)(F)F)c2)cc1Nc1nccn1-c1cc(NC2CC2)ncn1. The molecule has 2 aromatic heterocycles. The van der Waals surface area contributed by atoms with E-state index >= 15 is 0 Å². The second-order valence-electron chi connectivity index (χ2n) is 8.59. The van der Waals surface area contributed by atoms with E-state index in [1.165, 1.54) is 24.5 Å². The van der Waals surface area contributed by atoms with Crippen molar-refractivity contribution in [2.45, 2.75) is 36.9 Å². The lowest BCUT2D eigenvalue weighted by Gasteiger charge is -2.15. The number of aryl methyl sites for hydroxylation is 1. The Bertz CT molecular complexity index is 1550. The van der Waals surface area contributed by atoms with Gasteiger partial charge in [0.2, 0.25) is 5.95 Å². The number of sulfonamides is 1. The first-order chi connectivity index (χ1) is 17.6. The van der Waals surface area contributed by atoms with Crippen molar-refractivity contribution >= 4 is 33.2 Å². The zero-order chi connectivity index (χ0) is 26.2. The third-order valence-electron chi connectivity index (χ3n) is 5.68. The molecule has 0 aliphatic heterocycles. The number of alkyl halides is 3. The molecule has 1 aliphatic carbocycles. The van der Waals surface area contributed by atoms with E-state index in [9.17, 15) is 21.6 Å². The van der Waals surface area contributed by atoms with E-state index in [4.69, 9.17) is 0 Å². The Morgan fingerprint density at radius 3 is 2.59 bits per heavy atom. The number of aromatic nitrogens is 4. The highest BCUT2D eigenvalue weighted by atomic mass is 32.2. The number of nitrogens with zero attached hydrogens (tertiary/aromatic N) is 4. The van der Waals surface area contributed by atoms with E-state index in [2.05, 4.69) is 30.3 Å². The van der Waals surface area contributed by atoms with Crippen LogP contribution in [0.25, 0.3) is 5.82 Å². The number of hydrogen-bond donors (Lipinski definition) is 3. The molecule has 0 unspecified atom stereocenters. The van der Waals surface area contributed by atoms with E-state index in [1.807, 2.05) is 0 Å². The smallest absolute Gasteiger partial charge is 0.367 e. The molecule has 9 nitrogen and oxygen atoms in total. The van der Waals surface area contributed by atoms with Gasteiger partial charge in [-0.2, -0.15) is 13.2 Å². The largest absolute Gasteiger partial charge is 0.416 e. The fourth-order valence-electron chi connectivity index (χ4n) is 3.57. The first-order valence-electron chi connectivity index (χ1n) is 11.3. The highest BCUT2D eigenvalue weighted by Gasteiger charge is 2.31. The molecule has 1 saturated carbocycles. The third kappa shape index (κ3) is 5.66. The van der Waals surface area contributed by atoms with Gasteiger partial charge in [-0.25, -0.2) is 23.4 Å². The first kappa shape index (κ1) is 24.6. The summed E-state index contributed by atoms with van der Waals surface area (Å²) in [7, 11) is -4.18. The number of hydrogen-bond acceptors (Lipinski definition) is 7. The lowest BCUT2D eigenvalue weighted by molar-refractivity contribution is -0.137. The van der Waals surface area contributed by atoms with Gasteiger partial charge in [-0.05, 0) is 55.7 Å². The normalized spacial score (nSPS) is 13.8. The molecule has 2 heterocycles. The number of imidazole rings is 1. The summed E-state index contributed by atoms with van der Waals surface area (Å²) in [6, 6.07) is 10.6. The second kappa shape index (κ2) is 9.39. The highest BCUT2D eigenvalue weighted by molar-refractivity contribution is 7.92. The predicted molar refractivity (Wildman–Crippen MR) is 133 cm³/mol. The van der Waals surface area contributed by atoms with Crippen molar-refractivity contribution in [2.24, 2.45) is 0 Å². The van der Waals surface area contributed by atoms with Crippen LogP contribution >= 0.6 is 0 Å². The van der Waals surface area contributed by atoms with Gasteiger partial charge < -0.3 is 10.6 Å². The van der Waals surface area contributed by atoms with Gasteiger partial charge in [0.15, 0.2) is 0 Å². The fourth-order valence-corrected chi connectivity index (χ4v) is 4.65. The van der Waals surface area contributed by atoms with Crippen molar-refractivity contribution < 1.29 is 21.6 Å². The number of benzene rings is 2. The van der Waals surface area contributed by atoms with Crippen LogP contribution in [-0.4, -0.2) is 34.0 Å². The van der Waals surface area contributed by atoms with Crippen LogP contribution < -0.4 is 15.4 Å². The number of nitrogens with one attached hydrogen (secondary N) is 3. The highest BCUT2D eigenvalue weighted by Crippen LogP contribution is 2.32. The first-order valence-corrected chi connectivity index (χ1v) is 12.8. The summed E-state index contributed by atoms with van der Waals surface area (Å²) in [5, 5.41) is 6.44. The molecule has 0 bridgehead atoms. The summed E-state index contributed by atoms with van der Waals surface area (Å²) in [6.45, 7) is 1.79. The maximum Gasteiger partial charge on any atom is 0.416 e. The molecular formula is C24H22F3N7O2S. The van der Waals surface area contributed by atoms with Crippen LogP contribution in [0.1, 0.15) is 24.0 Å². The monoisotopic (exact) mass is 529 g/mol. The van der Waals surface area contributed by atoms with Gasteiger partial charge in [-0.3, -0.25) is 9.29 Å². The minimum atomic E-state index is -4.59. The van der Waals surface area contributed by atoms with Crippen molar-refractivity contribution in [1.82, 2.24) is 19.5 Å². The molecule has 5 rings (SSSR count). The molecule has 1 fully saturated rings.